The molecule has 3 atom stereocenters. The number of alkyl halides is 3. The summed E-state index contributed by atoms with van der Waals surface area (Å²) in [6.07, 6.45) is -3.06. The molecule has 2 fully saturated rings. The van der Waals surface area contributed by atoms with Crippen molar-refractivity contribution in [2.45, 2.75) is 32.0 Å². The van der Waals surface area contributed by atoms with Crippen LogP contribution >= 0.6 is 0 Å². The van der Waals surface area contributed by atoms with Crippen LogP contribution < -0.4 is 10.1 Å². The summed E-state index contributed by atoms with van der Waals surface area (Å²) in [6.45, 7) is 2.12. The third kappa shape index (κ3) is 4.60. The summed E-state index contributed by atoms with van der Waals surface area (Å²) in [4.78, 5) is 22.1. The van der Waals surface area contributed by atoms with E-state index in [9.17, 15) is 18.0 Å². The van der Waals surface area contributed by atoms with Gasteiger partial charge >= 0.3 is 6.18 Å². The van der Waals surface area contributed by atoms with Gasteiger partial charge in [-0.05, 0) is 19.8 Å². The number of rotatable bonds is 4. The van der Waals surface area contributed by atoms with Crippen LogP contribution in [0.2, 0.25) is 0 Å². The van der Waals surface area contributed by atoms with Crippen molar-refractivity contribution in [1.82, 2.24) is 14.9 Å². The lowest BCUT2D eigenvalue weighted by Gasteiger charge is -2.26. The van der Waals surface area contributed by atoms with Crippen molar-refractivity contribution >= 4 is 11.9 Å². The van der Waals surface area contributed by atoms with E-state index in [1.54, 1.807) is 13.0 Å². The van der Waals surface area contributed by atoms with Gasteiger partial charge in [0, 0.05) is 31.5 Å². The zero-order valence-corrected chi connectivity index (χ0v) is 15.3. The Kier molecular flexibility index (Phi) is 5.73. The van der Waals surface area contributed by atoms with Gasteiger partial charge in [-0.2, -0.15) is 18.2 Å². The van der Waals surface area contributed by atoms with Crippen LogP contribution in [0.5, 0.6) is 5.88 Å². The molecule has 2 aliphatic rings. The van der Waals surface area contributed by atoms with Crippen LogP contribution in [0, 0.1) is 18.8 Å². The number of nitrogens with one attached hydrogen (secondary N) is 1. The molecule has 7 nitrogen and oxygen atoms in total. The molecule has 0 aliphatic carbocycles. The van der Waals surface area contributed by atoms with E-state index >= 15 is 0 Å². The number of amides is 1. The normalized spacial score (nSPS) is 26.1. The molecule has 10 heteroatoms. The van der Waals surface area contributed by atoms with Gasteiger partial charge < -0.3 is 19.7 Å². The molecule has 150 valence electrons. The number of nitrogens with zero attached hydrogens (tertiary/aromatic N) is 3. The number of carbonyl (C=O) groups excluding carboxylic acids is 1. The topological polar surface area (TPSA) is 76.6 Å². The van der Waals surface area contributed by atoms with Crippen LogP contribution in [0.25, 0.3) is 0 Å². The molecule has 1 N–H and O–H groups in total. The van der Waals surface area contributed by atoms with Crippen LogP contribution in [0.4, 0.5) is 19.1 Å². The molecule has 0 aromatic carbocycles. The van der Waals surface area contributed by atoms with Gasteiger partial charge in [0.1, 0.15) is 0 Å². The molecule has 1 aromatic heterocycles. The van der Waals surface area contributed by atoms with Crippen molar-refractivity contribution in [3.05, 3.63) is 11.8 Å². The van der Waals surface area contributed by atoms with Gasteiger partial charge in [0.05, 0.1) is 31.6 Å². The monoisotopic (exact) mass is 388 g/mol. The van der Waals surface area contributed by atoms with Gasteiger partial charge in [-0.3, -0.25) is 4.79 Å². The van der Waals surface area contributed by atoms with E-state index in [2.05, 4.69) is 15.3 Å². The smallest absolute Gasteiger partial charge is 0.395 e. The van der Waals surface area contributed by atoms with Gasteiger partial charge in [0.2, 0.25) is 17.7 Å². The Hall–Kier alpha value is -2.10. The Balaban J connectivity index is 1.76. The number of aryl methyl sites for hydroxylation is 1. The number of hydrogen-bond donors (Lipinski definition) is 1. The minimum absolute atomic E-state index is 0.0564. The van der Waals surface area contributed by atoms with E-state index in [4.69, 9.17) is 9.47 Å². The summed E-state index contributed by atoms with van der Waals surface area (Å²) < 4.78 is 51.0. The molecular weight excluding hydrogens is 365 g/mol. The second-order valence-electron chi connectivity index (χ2n) is 6.93. The van der Waals surface area contributed by atoms with Crippen LogP contribution in [0.3, 0.4) is 0 Å². The third-order valence-electron chi connectivity index (χ3n) is 4.92. The number of aromatic nitrogens is 2. The molecule has 0 saturated carbocycles. The van der Waals surface area contributed by atoms with Gasteiger partial charge in [0.25, 0.3) is 0 Å². The Labute approximate surface area is 155 Å². The van der Waals surface area contributed by atoms with E-state index in [-0.39, 0.29) is 43.3 Å². The zero-order chi connectivity index (χ0) is 19.6. The van der Waals surface area contributed by atoms with Crippen molar-refractivity contribution in [1.29, 1.82) is 0 Å². The molecule has 1 amide bonds. The fourth-order valence-corrected chi connectivity index (χ4v) is 3.53. The van der Waals surface area contributed by atoms with Crippen molar-refractivity contribution in [2.75, 3.05) is 38.7 Å². The Morgan fingerprint density at radius 2 is 2.15 bits per heavy atom. The fourth-order valence-electron chi connectivity index (χ4n) is 3.53. The van der Waals surface area contributed by atoms with E-state index < -0.39 is 18.1 Å². The second-order valence-corrected chi connectivity index (χ2v) is 6.93. The van der Waals surface area contributed by atoms with E-state index in [0.717, 1.165) is 6.42 Å². The quantitative estimate of drug-likeness (QED) is 0.851. The van der Waals surface area contributed by atoms with Crippen molar-refractivity contribution in [3.63, 3.8) is 0 Å². The van der Waals surface area contributed by atoms with E-state index in [0.29, 0.717) is 18.7 Å². The molecule has 2 saturated heterocycles. The van der Waals surface area contributed by atoms with Gasteiger partial charge in [0.15, 0.2) is 0 Å². The molecule has 3 rings (SSSR count). The summed E-state index contributed by atoms with van der Waals surface area (Å²) in [7, 11) is 1.42. The highest BCUT2D eigenvalue weighted by atomic mass is 19.4. The average molecular weight is 388 g/mol. The lowest BCUT2D eigenvalue weighted by Crippen LogP contribution is -2.39. The highest BCUT2D eigenvalue weighted by molar-refractivity contribution is 5.79. The highest BCUT2D eigenvalue weighted by Crippen LogP contribution is 2.36. The lowest BCUT2D eigenvalue weighted by atomic mass is 10.0. The number of hydrogen-bond acceptors (Lipinski definition) is 6. The number of anilines is 1. The summed E-state index contributed by atoms with van der Waals surface area (Å²) >= 11 is 0. The number of halogens is 3. The summed E-state index contributed by atoms with van der Waals surface area (Å²) in [6, 6.07) is 0.560. The minimum Gasteiger partial charge on any atom is -0.481 e. The van der Waals surface area contributed by atoms with Crippen LogP contribution in [0.1, 0.15) is 18.5 Å². The third-order valence-corrected chi connectivity index (χ3v) is 4.92. The average Bonchev–Trinajstić information content (AvgIpc) is 3.05. The van der Waals surface area contributed by atoms with Crippen molar-refractivity contribution in [3.8, 4) is 5.88 Å². The lowest BCUT2D eigenvalue weighted by molar-refractivity contribution is -0.173. The molecule has 27 heavy (non-hydrogen) atoms. The Morgan fingerprint density at radius 1 is 1.37 bits per heavy atom. The standard InChI is InChI=1S/C17H23F3N4O3/c1-10-6-14(26-2)23-16(21-10)22-13-8-24(7-12(13)17(18,19)20)15(25)11-4-3-5-27-9-11/h6,11-13H,3-5,7-9H2,1-2H3,(H,21,22,23)/t11?,12-,13-/m1/s1. The first-order valence-corrected chi connectivity index (χ1v) is 8.87. The molecule has 1 unspecified atom stereocenters. The van der Waals surface area contributed by atoms with Gasteiger partial charge in [-0.15, -0.1) is 0 Å². The largest absolute Gasteiger partial charge is 0.481 e. The van der Waals surface area contributed by atoms with Crippen LogP contribution in [-0.2, 0) is 9.53 Å². The maximum atomic E-state index is 13.5. The maximum absolute atomic E-state index is 13.5. The van der Waals surface area contributed by atoms with Crippen molar-refractivity contribution in [2.24, 2.45) is 11.8 Å². The summed E-state index contributed by atoms with van der Waals surface area (Å²) in [5.41, 5.74) is 0.568. The summed E-state index contributed by atoms with van der Waals surface area (Å²) in [5.74, 6) is -2.03. The Morgan fingerprint density at radius 3 is 2.78 bits per heavy atom. The van der Waals surface area contributed by atoms with Crippen LogP contribution in [0.15, 0.2) is 6.07 Å². The fraction of sp³-hybridized carbons (Fsp3) is 0.706. The molecule has 3 heterocycles. The highest BCUT2D eigenvalue weighted by Gasteiger charge is 2.51. The first-order valence-electron chi connectivity index (χ1n) is 8.87. The molecule has 1 aromatic rings. The second kappa shape index (κ2) is 7.87. The number of carbonyl (C=O) groups is 1. The Bertz CT molecular complexity index is 680. The minimum atomic E-state index is -4.44. The SMILES string of the molecule is COc1cc(C)nc(N[C@@H]2CN(C(=O)C3CCCOC3)C[C@H]2C(F)(F)F)n1. The zero-order valence-electron chi connectivity index (χ0n) is 15.3. The molecule has 0 radical (unpaired) electrons. The molecule has 0 spiro atoms. The van der Waals surface area contributed by atoms with Gasteiger partial charge in [-0.25, -0.2) is 4.98 Å². The number of ether oxygens (including phenoxy) is 2. The predicted molar refractivity (Wildman–Crippen MR) is 90.4 cm³/mol. The molecule has 2 aliphatic heterocycles. The molecule has 0 bridgehead atoms. The number of likely N-dealkylation sites (tertiary alicyclic amines) is 1. The van der Waals surface area contributed by atoms with Gasteiger partial charge in [-0.1, -0.05) is 0 Å². The van der Waals surface area contributed by atoms with Crippen molar-refractivity contribution < 1.29 is 27.4 Å². The number of methoxy groups -OCH3 is 1. The maximum Gasteiger partial charge on any atom is 0.395 e. The first kappa shape index (κ1) is 19.7. The molecular formula is C17H23F3N4O3. The predicted octanol–water partition coefficient (Wildman–Crippen LogP) is 2.02. The summed E-state index contributed by atoms with van der Waals surface area (Å²) in [5, 5.41) is 2.75. The van der Waals surface area contributed by atoms with Crippen LogP contribution in [-0.4, -0.2) is 66.4 Å². The van der Waals surface area contributed by atoms with E-state index in [1.807, 2.05) is 0 Å². The first-order chi connectivity index (χ1) is 12.8. The van der Waals surface area contributed by atoms with E-state index in [1.165, 1.54) is 12.0 Å².